The first-order chi connectivity index (χ1) is 6.87. The van der Waals surface area contributed by atoms with Gasteiger partial charge in [-0.3, -0.25) is 9.88 Å². The minimum absolute atomic E-state index is 0.638. The van der Waals surface area contributed by atoms with Crippen LogP contribution in [-0.4, -0.2) is 34.2 Å². The van der Waals surface area contributed by atoms with Crippen LogP contribution in [0.25, 0.3) is 0 Å². The average molecular weight is 273 g/mol. The highest BCUT2D eigenvalue weighted by Gasteiger charge is 2.15. The number of likely N-dealkylation sites (N-methyl/N-ethyl adjacent to an activating group) is 1. The molecule has 1 aromatic rings. The van der Waals surface area contributed by atoms with Gasteiger partial charge in [0.25, 0.3) is 0 Å². The first kappa shape index (κ1) is 12.6. The standard InChI is InChI=1S/C11H17BrN2O/c1-11(2,15)8-14(3)7-9-4-10(12)6-13-5-9/h4-6,15H,7-8H2,1-3H3. The highest BCUT2D eigenvalue weighted by molar-refractivity contribution is 9.10. The van der Waals surface area contributed by atoms with Gasteiger partial charge in [0, 0.05) is 30.0 Å². The zero-order valence-electron chi connectivity index (χ0n) is 9.37. The topological polar surface area (TPSA) is 36.4 Å². The van der Waals surface area contributed by atoms with E-state index in [1.807, 2.05) is 33.2 Å². The molecular weight excluding hydrogens is 256 g/mol. The molecule has 1 N–H and O–H groups in total. The molecule has 1 rings (SSSR count). The fourth-order valence-electron chi connectivity index (χ4n) is 1.57. The molecule has 15 heavy (non-hydrogen) atoms. The highest BCUT2D eigenvalue weighted by atomic mass is 79.9. The second kappa shape index (κ2) is 5.05. The third kappa shape index (κ3) is 5.25. The van der Waals surface area contributed by atoms with Crippen LogP contribution in [0.1, 0.15) is 19.4 Å². The van der Waals surface area contributed by atoms with Crippen LogP contribution in [0.2, 0.25) is 0 Å². The van der Waals surface area contributed by atoms with Crippen molar-refractivity contribution >= 4 is 15.9 Å². The predicted molar refractivity (Wildman–Crippen MR) is 64.6 cm³/mol. The van der Waals surface area contributed by atoms with Gasteiger partial charge in [0.05, 0.1) is 5.60 Å². The van der Waals surface area contributed by atoms with Gasteiger partial charge in [0.15, 0.2) is 0 Å². The van der Waals surface area contributed by atoms with Crippen LogP contribution >= 0.6 is 15.9 Å². The number of pyridine rings is 1. The van der Waals surface area contributed by atoms with E-state index < -0.39 is 5.60 Å². The van der Waals surface area contributed by atoms with Gasteiger partial charge < -0.3 is 5.11 Å². The first-order valence-electron chi connectivity index (χ1n) is 4.87. The number of hydrogen-bond acceptors (Lipinski definition) is 3. The zero-order chi connectivity index (χ0) is 11.5. The Morgan fingerprint density at radius 1 is 1.47 bits per heavy atom. The molecule has 0 aliphatic rings. The minimum Gasteiger partial charge on any atom is -0.389 e. The van der Waals surface area contributed by atoms with E-state index in [1.165, 1.54) is 0 Å². The van der Waals surface area contributed by atoms with Crippen LogP contribution in [0.4, 0.5) is 0 Å². The van der Waals surface area contributed by atoms with Gasteiger partial charge >= 0.3 is 0 Å². The third-order valence-corrected chi connectivity index (χ3v) is 2.30. The smallest absolute Gasteiger partial charge is 0.0718 e. The Morgan fingerprint density at radius 3 is 2.67 bits per heavy atom. The van der Waals surface area contributed by atoms with Crippen LogP contribution in [0, 0.1) is 0 Å². The van der Waals surface area contributed by atoms with Gasteiger partial charge in [-0.05, 0) is 48.5 Å². The lowest BCUT2D eigenvalue weighted by atomic mass is 10.1. The average Bonchev–Trinajstić information content (AvgIpc) is 1.99. The molecule has 0 fully saturated rings. The van der Waals surface area contributed by atoms with Crippen molar-refractivity contribution in [1.82, 2.24) is 9.88 Å². The van der Waals surface area contributed by atoms with Crippen molar-refractivity contribution in [3.05, 3.63) is 28.5 Å². The van der Waals surface area contributed by atoms with E-state index in [1.54, 1.807) is 6.20 Å². The molecule has 0 aliphatic heterocycles. The fourth-order valence-corrected chi connectivity index (χ4v) is 1.98. The molecule has 84 valence electrons. The molecule has 0 radical (unpaired) electrons. The van der Waals surface area contributed by atoms with E-state index in [2.05, 4.69) is 25.8 Å². The Bertz CT molecular complexity index is 323. The summed E-state index contributed by atoms with van der Waals surface area (Å²) in [4.78, 5) is 6.17. The maximum Gasteiger partial charge on any atom is 0.0718 e. The molecule has 1 aromatic heterocycles. The first-order valence-corrected chi connectivity index (χ1v) is 5.66. The predicted octanol–water partition coefficient (Wildman–Crippen LogP) is 2.05. The summed E-state index contributed by atoms with van der Waals surface area (Å²) in [6.07, 6.45) is 3.60. The summed E-state index contributed by atoms with van der Waals surface area (Å²) < 4.78 is 0.983. The molecule has 0 amide bonds. The van der Waals surface area contributed by atoms with Crippen molar-refractivity contribution in [2.24, 2.45) is 0 Å². The molecule has 0 aromatic carbocycles. The Hall–Kier alpha value is -0.450. The summed E-state index contributed by atoms with van der Waals surface area (Å²) in [5, 5.41) is 9.65. The van der Waals surface area contributed by atoms with Crippen LogP contribution in [0.5, 0.6) is 0 Å². The zero-order valence-corrected chi connectivity index (χ0v) is 11.0. The van der Waals surface area contributed by atoms with Gasteiger partial charge in [-0.2, -0.15) is 0 Å². The molecule has 0 unspecified atom stereocenters. The van der Waals surface area contributed by atoms with E-state index in [9.17, 15) is 5.11 Å². The fraction of sp³-hybridized carbons (Fsp3) is 0.545. The Morgan fingerprint density at radius 2 is 2.13 bits per heavy atom. The second-order valence-electron chi connectivity index (χ2n) is 4.50. The molecule has 0 saturated carbocycles. The monoisotopic (exact) mass is 272 g/mol. The summed E-state index contributed by atoms with van der Waals surface area (Å²) in [6, 6.07) is 2.04. The minimum atomic E-state index is -0.659. The quantitative estimate of drug-likeness (QED) is 0.912. The molecule has 0 bridgehead atoms. The summed E-state index contributed by atoms with van der Waals surface area (Å²) in [5.41, 5.74) is 0.477. The van der Waals surface area contributed by atoms with Gasteiger partial charge in [0.1, 0.15) is 0 Å². The van der Waals surface area contributed by atoms with E-state index in [0.29, 0.717) is 6.54 Å². The van der Waals surface area contributed by atoms with Crippen molar-refractivity contribution in [3.63, 3.8) is 0 Å². The second-order valence-corrected chi connectivity index (χ2v) is 5.41. The number of aromatic nitrogens is 1. The van der Waals surface area contributed by atoms with Crippen molar-refractivity contribution in [2.75, 3.05) is 13.6 Å². The van der Waals surface area contributed by atoms with Gasteiger partial charge in [-0.1, -0.05) is 0 Å². The van der Waals surface area contributed by atoms with Crippen molar-refractivity contribution in [2.45, 2.75) is 26.0 Å². The van der Waals surface area contributed by atoms with Crippen LogP contribution in [-0.2, 0) is 6.54 Å². The maximum absolute atomic E-state index is 9.65. The lowest BCUT2D eigenvalue weighted by Gasteiger charge is -2.25. The highest BCUT2D eigenvalue weighted by Crippen LogP contribution is 2.12. The SMILES string of the molecule is CN(Cc1cncc(Br)c1)CC(C)(C)O. The summed E-state index contributed by atoms with van der Waals surface area (Å²) >= 11 is 3.38. The molecule has 0 spiro atoms. The molecule has 0 atom stereocenters. The molecule has 0 aliphatic carbocycles. The molecule has 3 nitrogen and oxygen atoms in total. The Kier molecular flexibility index (Phi) is 4.25. The lowest BCUT2D eigenvalue weighted by molar-refractivity contribution is 0.0424. The summed E-state index contributed by atoms with van der Waals surface area (Å²) in [5.74, 6) is 0. The van der Waals surface area contributed by atoms with Crippen molar-refractivity contribution < 1.29 is 5.11 Å². The van der Waals surface area contributed by atoms with E-state index in [4.69, 9.17) is 0 Å². The van der Waals surface area contributed by atoms with E-state index in [0.717, 1.165) is 16.6 Å². The van der Waals surface area contributed by atoms with Gasteiger partial charge in [0.2, 0.25) is 0 Å². The number of hydrogen-bond donors (Lipinski definition) is 1. The van der Waals surface area contributed by atoms with Crippen LogP contribution in [0.15, 0.2) is 22.9 Å². The number of nitrogens with zero attached hydrogens (tertiary/aromatic N) is 2. The summed E-state index contributed by atoms with van der Waals surface area (Å²) in [7, 11) is 1.98. The van der Waals surface area contributed by atoms with Crippen LogP contribution in [0.3, 0.4) is 0 Å². The molecule has 1 heterocycles. The lowest BCUT2D eigenvalue weighted by Crippen LogP contribution is -2.35. The molecule has 4 heteroatoms. The number of halogens is 1. The van der Waals surface area contributed by atoms with E-state index in [-0.39, 0.29) is 0 Å². The Balaban J connectivity index is 2.55. The van der Waals surface area contributed by atoms with Gasteiger partial charge in [-0.25, -0.2) is 0 Å². The number of rotatable bonds is 4. The van der Waals surface area contributed by atoms with Crippen molar-refractivity contribution in [1.29, 1.82) is 0 Å². The van der Waals surface area contributed by atoms with Gasteiger partial charge in [-0.15, -0.1) is 0 Å². The third-order valence-electron chi connectivity index (χ3n) is 1.87. The Labute approximate surface area is 99.3 Å². The normalized spacial score (nSPS) is 12.1. The van der Waals surface area contributed by atoms with Crippen LogP contribution < -0.4 is 0 Å². The molecular formula is C11H17BrN2O. The number of aliphatic hydroxyl groups is 1. The maximum atomic E-state index is 9.65. The largest absolute Gasteiger partial charge is 0.389 e. The summed E-state index contributed by atoms with van der Waals surface area (Å²) in [6.45, 7) is 5.04. The van der Waals surface area contributed by atoms with E-state index >= 15 is 0 Å². The molecule has 0 saturated heterocycles. The van der Waals surface area contributed by atoms with Crippen molar-refractivity contribution in [3.8, 4) is 0 Å².